The van der Waals surface area contributed by atoms with Crippen LogP contribution in [0.25, 0.3) is 10.9 Å². The number of ketones is 1. The van der Waals surface area contributed by atoms with Crippen LogP contribution in [-0.4, -0.2) is 17.0 Å². The molecule has 0 aliphatic heterocycles. The molecule has 4 rings (SSSR count). The molecule has 1 aromatic heterocycles. The van der Waals surface area contributed by atoms with Crippen LogP contribution in [0, 0.1) is 11.6 Å². The highest BCUT2D eigenvalue weighted by Crippen LogP contribution is 2.22. The molecular formula is C25H19F2NO3. The van der Waals surface area contributed by atoms with Gasteiger partial charge in [0, 0.05) is 18.3 Å². The fourth-order valence-electron chi connectivity index (χ4n) is 3.47. The number of nitrogens with zero attached hydrogens (tertiary/aromatic N) is 1. The zero-order valence-electron chi connectivity index (χ0n) is 16.8. The molecule has 0 bridgehead atoms. The molecule has 0 atom stereocenters. The van der Waals surface area contributed by atoms with Gasteiger partial charge in [0.15, 0.2) is 5.78 Å². The van der Waals surface area contributed by atoms with E-state index < -0.39 is 17.0 Å². The highest BCUT2D eigenvalue weighted by atomic mass is 19.1. The molecule has 0 unspecified atom stereocenters. The van der Waals surface area contributed by atoms with Gasteiger partial charge in [-0.2, -0.15) is 0 Å². The first-order chi connectivity index (χ1) is 15.0. The van der Waals surface area contributed by atoms with E-state index >= 15 is 0 Å². The predicted molar refractivity (Wildman–Crippen MR) is 115 cm³/mol. The molecule has 1 heterocycles. The number of fused-ring (bicyclic) bond motifs is 1. The minimum atomic E-state index is -0.499. The smallest absolute Gasteiger partial charge is 0.200 e. The first kappa shape index (κ1) is 20.5. The molecule has 0 radical (unpaired) electrons. The largest absolute Gasteiger partial charge is 0.494 e. The van der Waals surface area contributed by atoms with E-state index in [1.165, 1.54) is 42.6 Å². The molecular weight excluding hydrogens is 400 g/mol. The number of hydrogen-bond donors (Lipinski definition) is 0. The number of carbonyl (C=O) groups excluding carboxylic acids is 1. The number of hydrogen-bond acceptors (Lipinski definition) is 3. The van der Waals surface area contributed by atoms with Crippen molar-refractivity contribution in [2.24, 2.45) is 0 Å². The highest BCUT2D eigenvalue weighted by Gasteiger charge is 2.18. The van der Waals surface area contributed by atoms with Crippen LogP contribution in [0.15, 0.2) is 77.7 Å². The van der Waals surface area contributed by atoms with Gasteiger partial charge in [0.05, 0.1) is 23.1 Å². The lowest BCUT2D eigenvalue weighted by Gasteiger charge is -2.15. The Morgan fingerprint density at radius 1 is 0.935 bits per heavy atom. The monoisotopic (exact) mass is 419 g/mol. The lowest BCUT2D eigenvalue weighted by atomic mass is 10.0. The van der Waals surface area contributed by atoms with E-state index in [-0.39, 0.29) is 16.9 Å². The molecule has 0 saturated carbocycles. The average Bonchev–Trinajstić information content (AvgIpc) is 2.77. The van der Waals surface area contributed by atoms with Gasteiger partial charge in [0.1, 0.15) is 17.4 Å². The van der Waals surface area contributed by atoms with E-state index in [9.17, 15) is 18.4 Å². The summed E-state index contributed by atoms with van der Waals surface area (Å²) in [4.78, 5) is 26.3. The molecule has 156 valence electrons. The molecule has 0 spiro atoms. The summed E-state index contributed by atoms with van der Waals surface area (Å²) in [5.41, 5.74) is 1.18. The quantitative estimate of drug-likeness (QED) is 0.415. The van der Waals surface area contributed by atoms with Crippen molar-refractivity contribution in [3.8, 4) is 5.75 Å². The van der Waals surface area contributed by atoms with E-state index in [4.69, 9.17) is 4.74 Å². The molecule has 4 nitrogen and oxygen atoms in total. The van der Waals surface area contributed by atoms with E-state index in [2.05, 4.69) is 0 Å². The summed E-state index contributed by atoms with van der Waals surface area (Å²) < 4.78 is 33.9. The molecule has 0 N–H and O–H groups in total. The maximum Gasteiger partial charge on any atom is 0.200 e. The van der Waals surface area contributed by atoms with E-state index in [0.29, 0.717) is 29.8 Å². The lowest BCUT2D eigenvalue weighted by Crippen LogP contribution is -2.20. The normalized spacial score (nSPS) is 10.9. The summed E-state index contributed by atoms with van der Waals surface area (Å²) in [6.07, 6.45) is 1.50. The average molecular weight is 419 g/mol. The van der Waals surface area contributed by atoms with Gasteiger partial charge in [-0.05, 0) is 67.1 Å². The molecule has 0 amide bonds. The standard InChI is InChI=1S/C25H19F2NO3/c1-2-31-20-11-12-23-21(13-20)25(30)22(24(29)17-5-9-19(27)10-6-17)15-28(23)14-16-3-7-18(26)8-4-16/h3-13,15H,2,14H2,1H3. The van der Waals surface area contributed by atoms with Crippen molar-refractivity contribution in [3.05, 3.63) is 111 Å². The van der Waals surface area contributed by atoms with Crippen LogP contribution >= 0.6 is 0 Å². The van der Waals surface area contributed by atoms with Crippen molar-refractivity contribution in [2.75, 3.05) is 6.61 Å². The number of aromatic nitrogens is 1. The van der Waals surface area contributed by atoms with Crippen molar-refractivity contribution < 1.29 is 18.3 Å². The Bertz CT molecular complexity index is 1310. The zero-order valence-corrected chi connectivity index (χ0v) is 16.8. The Morgan fingerprint density at radius 3 is 2.23 bits per heavy atom. The van der Waals surface area contributed by atoms with Crippen molar-refractivity contribution in [1.82, 2.24) is 4.57 Å². The van der Waals surface area contributed by atoms with Gasteiger partial charge < -0.3 is 9.30 Å². The Labute approximate surface area is 177 Å². The Kier molecular flexibility index (Phi) is 5.62. The predicted octanol–water partition coefficient (Wildman–Crippen LogP) is 4.96. The van der Waals surface area contributed by atoms with Crippen molar-refractivity contribution in [1.29, 1.82) is 0 Å². The number of benzene rings is 3. The SMILES string of the molecule is CCOc1ccc2c(c1)c(=O)c(C(=O)c1ccc(F)cc1)cn2Cc1ccc(F)cc1. The first-order valence-electron chi connectivity index (χ1n) is 9.81. The Balaban J connectivity index is 1.89. The number of rotatable bonds is 6. The molecule has 0 aliphatic rings. The van der Waals surface area contributed by atoms with Crippen molar-refractivity contribution >= 4 is 16.7 Å². The molecule has 4 aromatic rings. The van der Waals surface area contributed by atoms with Crippen LogP contribution in [0.2, 0.25) is 0 Å². The van der Waals surface area contributed by atoms with Gasteiger partial charge in [-0.15, -0.1) is 0 Å². The fraction of sp³-hybridized carbons (Fsp3) is 0.120. The number of ether oxygens (including phenoxy) is 1. The summed E-state index contributed by atoms with van der Waals surface area (Å²) in [6.45, 7) is 2.60. The first-order valence-corrected chi connectivity index (χ1v) is 9.81. The minimum Gasteiger partial charge on any atom is -0.494 e. The Morgan fingerprint density at radius 2 is 1.58 bits per heavy atom. The lowest BCUT2D eigenvalue weighted by molar-refractivity contribution is 0.103. The molecule has 6 heteroatoms. The van der Waals surface area contributed by atoms with Crippen molar-refractivity contribution in [3.63, 3.8) is 0 Å². The highest BCUT2D eigenvalue weighted by molar-refractivity contribution is 6.10. The van der Waals surface area contributed by atoms with E-state index in [0.717, 1.165) is 5.56 Å². The number of halogens is 2. The maximum absolute atomic E-state index is 13.3. The zero-order chi connectivity index (χ0) is 22.0. The Hall–Kier alpha value is -3.80. The third-order valence-corrected chi connectivity index (χ3v) is 4.98. The second-order valence-electron chi connectivity index (χ2n) is 7.07. The van der Waals surface area contributed by atoms with Crippen LogP contribution in [0.5, 0.6) is 5.75 Å². The second kappa shape index (κ2) is 8.52. The number of pyridine rings is 1. The summed E-state index contributed by atoms with van der Waals surface area (Å²) >= 11 is 0. The van der Waals surface area contributed by atoms with Crippen LogP contribution in [-0.2, 0) is 6.54 Å². The van der Waals surface area contributed by atoms with E-state index in [1.807, 2.05) is 6.92 Å². The van der Waals surface area contributed by atoms with Crippen molar-refractivity contribution in [2.45, 2.75) is 13.5 Å². The third kappa shape index (κ3) is 4.23. The maximum atomic E-state index is 13.3. The molecule has 0 fully saturated rings. The van der Waals surface area contributed by atoms with Crippen LogP contribution in [0.4, 0.5) is 8.78 Å². The summed E-state index contributed by atoms with van der Waals surface area (Å²) in [5, 5.41) is 0.334. The van der Waals surface area contributed by atoms with E-state index in [1.54, 1.807) is 34.9 Å². The summed E-state index contributed by atoms with van der Waals surface area (Å²) in [5.74, 6) is -0.791. The van der Waals surface area contributed by atoms with Crippen LogP contribution in [0.3, 0.4) is 0 Å². The molecule has 0 aliphatic carbocycles. The van der Waals surface area contributed by atoms with Crippen LogP contribution in [0.1, 0.15) is 28.4 Å². The van der Waals surface area contributed by atoms with Crippen LogP contribution < -0.4 is 10.2 Å². The second-order valence-corrected chi connectivity index (χ2v) is 7.07. The molecule has 31 heavy (non-hydrogen) atoms. The van der Waals surface area contributed by atoms with Gasteiger partial charge >= 0.3 is 0 Å². The van der Waals surface area contributed by atoms with Gasteiger partial charge in [0.2, 0.25) is 5.43 Å². The topological polar surface area (TPSA) is 48.3 Å². The number of carbonyl (C=O) groups is 1. The molecule has 3 aromatic carbocycles. The fourth-order valence-corrected chi connectivity index (χ4v) is 3.47. The van der Waals surface area contributed by atoms with Gasteiger partial charge in [-0.1, -0.05) is 12.1 Å². The molecule has 0 saturated heterocycles. The summed E-state index contributed by atoms with van der Waals surface area (Å²) in [7, 11) is 0. The van der Waals surface area contributed by atoms with Gasteiger partial charge in [-0.3, -0.25) is 9.59 Å². The van der Waals surface area contributed by atoms with Gasteiger partial charge in [-0.25, -0.2) is 8.78 Å². The minimum absolute atomic E-state index is 0.0325. The summed E-state index contributed by atoms with van der Waals surface area (Å²) in [6, 6.07) is 16.2. The third-order valence-electron chi connectivity index (χ3n) is 4.98. The van der Waals surface area contributed by atoms with Gasteiger partial charge in [0.25, 0.3) is 0 Å².